The molecule has 1 aliphatic rings. The molecule has 0 spiro atoms. The number of hydrogen-bond donors (Lipinski definition) is 5. The summed E-state index contributed by atoms with van der Waals surface area (Å²) >= 11 is 0. The van der Waals surface area contributed by atoms with Crippen LogP contribution in [-0.2, 0) is 6.42 Å². The van der Waals surface area contributed by atoms with Crippen LogP contribution in [-0.4, -0.2) is 11.8 Å². The number of hydrogen-bond acceptors (Lipinski definition) is 5. The van der Waals surface area contributed by atoms with Gasteiger partial charge in [-0.05, 0) is 96.1 Å². The average Bonchev–Trinajstić information content (AvgIpc) is 2.84. The summed E-state index contributed by atoms with van der Waals surface area (Å²) in [4.78, 5) is 25.5. The van der Waals surface area contributed by atoms with Crippen molar-refractivity contribution >= 4 is 45.9 Å². The van der Waals surface area contributed by atoms with Crippen molar-refractivity contribution in [3.63, 3.8) is 0 Å². The van der Waals surface area contributed by atoms with E-state index < -0.39 is 0 Å². The number of anilines is 6. The Kier molecular flexibility index (Phi) is 5.35. The molecule has 0 saturated heterocycles. The molecule has 4 aromatic rings. The molecule has 7 heteroatoms. The summed E-state index contributed by atoms with van der Waals surface area (Å²) in [6, 6.07) is 25.1. The monoisotopic (exact) mass is 449 g/mol. The lowest BCUT2D eigenvalue weighted by Gasteiger charge is -2.22. The highest BCUT2D eigenvalue weighted by molar-refractivity contribution is 6.06. The van der Waals surface area contributed by atoms with Crippen molar-refractivity contribution in [3.8, 4) is 0 Å². The molecule has 0 radical (unpaired) electrons. The molecular formula is C27H23N5O2. The van der Waals surface area contributed by atoms with Crippen LogP contribution >= 0.6 is 0 Å². The molecule has 5 rings (SSSR count). The van der Waals surface area contributed by atoms with Gasteiger partial charge in [-0.2, -0.15) is 0 Å². The van der Waals surface area contributed by atoms with Crippen LogP contribution in [0.5, 0.6) is 0 Å². The standard InChI is InChI=1S/C27H23N5O2/c28-20-3-7-22(8-4-20)30-26(33)16-1-11-24-18(13-16)15-19-14-17(2-12-25(19)32-24)27(34)31-23-9-5-21(29)6-10-23/h1-14,32H,15,28-29H2,(H,30,33)(H,31,34). The highest BCUT2D eigenvalue weighted by Crippen LogP contribution is 2.34. The smallest absolute Gasteiger partial charge is 0.255 e. The Morgan fingerprint density at radius 1 is 0.618 bits per heavy atom. The Bertz CT molecular complexity index is 1290. The molecule has 2 amide bonds. The molecule has 0 bridgehead atoms. The number of carbonyl (C=O) groups excluding carboxylic acids is 2. The number of carbonyl (C=O) groups is 2. The van der Waals surface area contributed by atoms with Crippen LogP contribution in [0.4, 0.5) is 34.1 Å². The summed E-state index contributed by atoms with van der Waals surface area (Å²) in [5, 5.41) is 9.17. The number of nitrogens with one attached hydrogen (secondary N) is 3. The van der Waals surface area contributed by atoms with Gasteiger partial charge in [0.25, 0.3) is 11.8 Å². The van der Waals surface area contributed by atoms with E-state index in [1.807, 2.05) is 24.3 Å². The zero-order chi connectivity index (χ0) is 23.7. The topological polar surface area (TPSA) is 122 Å². The maximum absolute atomic E-state index is 12.7. The number of nitrogens with two attached hydrogens (primary N) is 2. The predicted octanol–water partition coefficient (Wildman–Crippen LogP) is 5.00. The minimum absolute atomic E-state index is 0.199. The lowest BCUT2D eigenvalue weighted by Crippen LogP contribution is -2.15. The van der Waals surface area contributed by atoms with E-state index in [0.717, 1.165) is 22.5 Å². The predicted molar refractivity (Wildman–Crippen MR) is 137 cm³/mol. The van der Waals surface area contributed by atoms with E-state index in [0.29, 0.717) is 40.3 Å². The van der Waals surface area contributed by atoms with E-state index in [1.165, 1.54) is 0 Å². The van der Waals surface area contributed by atoms with Gasteiger partial charge in [0.1, 0.15) is 0 Å². The SMILES string of the molecule is Nc1ccc(NC(=O)c2ccc3c(c2)Cc2cc(C(=O)Nc4ccc(N)cc4)ccc2N3)cc1. The van der Waals surface area contributed by atoms with Gasteiger partial charge in [0.15, 0.2) is 0 Å². The van der Waals surface area contributed by atoms with Crippen molar-refractivity contribution in [1.82, 2.24) is 0 Å². The molecule has 1 heterocycles. The molecule has 0 aromatic heterocycles. The van der Waals surface area contributed by atoms with Crippen molar-refractivity contribution in [3.05, 3.63) is 107 Å². The van der Waals surface area contributed by atoms with Crippen molar-refractivity contribution in [1.29, 1.82) is 0 Å². The van der Waals surface area contributed by atoms with E-state index in [1.54, 1.807) is 60.7 Å². The molecule has 0 saturated carbocycles. The highest BCUT2D eigenvalue weighted by Gasteiger charge is 2.19. The van der Waals surface area contributed by atoms with Crippen LogP contribution in [0.25, 0.3) is 0 Å². The van der Waals surface area contributed by atoms with E-state index in [2.05, 4.69) is 16.0 Å². The number of rotatable bonds is 4. The number of fused-ring (bicyclic) bond motifs is 2. The second-order valence-electron chi connectivity index (χ2n) is 8.20. The zero-order valence-electron chi connectivity index (χ0n) is 18.3. The van der Waals surface area contributed by atoms with Crippen LogP contribution in [0.15, 0.2) is 84.9 Å². The molecule has 168 valence electrons. The highest BCUT2D eigenvalue weighted by atomic mass is 16.2. The van der Waals surface area contributed by atoms with Gasteiger partial charge in [0.05, 0.1) is 0 Å². The first-order valence-corrected chi connectivity index (χ1v) is 10.8. The maximum atomic E-state index is 12.7. The van der Waals surface area contributed by atoms with Gasteiger partial charge in [-0.15, -0.1) is 0 Å². The second kappa shape index (κ2) is 8.63. The third-order valence-electron chi connectivity index (χ3n) is 5.72. The summed E-state index contributed by atoms with van der Waals surface area (Å²) in [5.74, 6) is -0.398. The van der Waals surface area contributed by atoms with Gasteiger partial charge in [-0.3, -0.25) is 9.59 Å². The molecule has 34 heavy (non-hydrogen) atoms. The average molecular weight is 450 g/mol. The fourth-order valence-corrected chi connectivity index (χ4v) is 3.90. The van der Waals surface area contributed by atoms with Crippen molar-refractivity contribution in [2.75, 3.05) is 27.4 Å². The number of nitrogen functional groups attached to an aromatic ring is 2. The molecule has 1 aliphatic heterocycles. The van der Waals surface area contributed by atoms with Crippen LogP contribution in [0.1, 0.15) is 31.8 Å². The quantitative estimate of drug-likeness (QED) is 0.247. The molecule has 0 aliphatic carbocycles. The van der Waals surface area contributed by atoms with Crippen molar-refractivity contribution < 1.29 is 9.59 Å². The van der Waals surface area contributed by atoms with Gasteiger partial charge in [0, 0.05) is 51.7 Å². The molecule has 7 nitrogen and oxygen atoms in total. The van der Waals surface area contributed by atoms with Crippen LogP contribution < -0.4 is 27.4 Å². The number of amides is 2. The molecule has 7 N–H and O–H groups in total. The van der Waals surface area contributed by atoms with E-state index in [-0.39, 0.29) is 11.8 Å². The molecular weight excluding hydrogens is 426 g/mol. The summed E-state index contributed by atoms with van der Waals surface area (Å²) in [6.07, 6.45) is 0.601. The number of benzene rings is 4. The lowest BCUT2D eigenvalue weighted by molar-refractivity contribution is 0.101. The Morgan fingerprint density at radius 2 is 1.03 bits per heavy atom. The first-order valence-electron chi connectivity index (χ1n) is 10.8. The molecule has 4 aromatic carbocycles. The van der Waals surface area contributed by atoms with E-state index in [4.69, 9.17) is 11.5 Å². The maximum Gasteiger partial charge on any atom is 0.255 e. The summed E-state index contributed by atoms with van der Waals surface area (Å²) in [5.41, 5.74) is 19.0. The first kappa shape index (κ1) is 21.1. The lowest BCUT2D eigenvalue weighted by atomic mass is 9.94. The summed E-state index contributed by atoms with van der Waals surface area (Å²) in [7, 11) is 0. The first-order chi connectivity index (χ1) is 16.4. The largest absolute Gasteiger partial charge is 0.399 e. The van der Waals surface area contributed by atoms with Gasteiger partial charge in [0.2, 0.25) is 0 Å². The van der Waals surface area contributed by atoms with Gasteiger partial charge >= 0.3 is 0 Å². The van der Waals surface area contributed by atoms with Gasteiger partial charge in [-0.25, -0.2) is 0 Å². The fourth-order valence-electron chi connectivity index (χ4n) is 3.90. The van der Waals surface area contributed by atoms with Gasteiger partial charge < -0.3 is 27.4 Å². The Labute approximate surface area is 196 Å². The second-order valence-corrected chi connectivity index (χ2v) is 8.20. The van der Waals surface area contributed by atoms with E-state index in [9.17, 15) is 9.59 Å². The van der Waals surface area contributed by atoms with Crippen molar-refractivity contribution in [2.45, 2.75) is 6.42 Å². The zero-order valence-corrected chi connectivity index (χ0v) is 18.3. The minimum atomic E-state index is -0.199. The summed E-state index contributed by atoms with van der Waals surface area (Å²) in [6.45, 7) is 0. The van der Waals surface area contributed by atoms with Crippen molar-refractivity contribution in [2.24, 2.45) is 0 Å². The summed E-state index contributed by atoms with van der Waals surface area (Å²) < 4.78 is 0. The Balaban J connectivity index is 1.33. The van der Waals surface area contributed by atoms with Gasteiger partial charge in [-0.1, -0.05) is 0 Å². The third-order valence-corrected chi connectivity index (χ3v) is 5.72. The Hall–Kier alpha value is -4.78. The minimum Gasteiger partial charge on any atom is -0.399 e. The molecule has 0 unspecified atom stereocenters. The normalized spacial score (nSPS) is 11.5. The fraction of sp³-hybridized carbons (Fsp3) is 0.0370. The molecule has 0 fully saturated rings. The van der Waals surface area contributed by atoms with Crippen LogP contribution in [0, 0.1) is 0 Å². The van der Waals surface area contributed by atoms with Crippen LogP contribution in [0.3, 0.4) is 0 Å². The third kappa shape index (κ3) is 4.40. The molecule has 0 atom stereocenters. The Morgan fingerprint density at radius 3 is 1.44 bits per heavy atom. The van der Waals surface area contributed by atoms with Crippen LogP contribution in [0.2, 0.25) is 0 Å². The van der Waals surface area contributed by atoms with E-state index >= 15 is 0 Å².